The molecule has 2 heterocycles. The zero-order valence-electron chi connectivity index (χ0n) is 26.3. The molecule has 3 heteroatoms. The van der Waals surface area contributed by atoms with Crippen LogP contribution in [0.5, 0.6) is 0 Å². The first-order chi connectivity index (χ1) is 21.8. The first-order valence-electron chi connectivity index (χ1n) is 17.5. The summed E-state index contributed by atoms with van der Waals surface area (Å²) in [5, 5.41) is 3.91. The van der Waals surface area contributed by atoms with Gasteiger partial charge in [-0.15, -0.1) is 0 Å². The third kappa shape index (κ3) is 6.77. The molecule has 2 aliphatic heterocycles. The number of nitrogens with one attached hydrogen (secondary N) is 1. The number of hydrogen-bond donors (Lipinski definition) is 1. The zero-order chi connectivity index (χ0) is 29.6. The summed E-state index contributed by atoms with van der Waals surface area (Å²) in [6, 6.07) is 0. The first-order valence-corrected chi connectivity index (χ1v) is 17.5. The topological polar surface area (TPSA) is 36.8 Å². The van der Waals surface area contributed by atoms with Crippen LogP contribution in [0.2, 0.25) is 0 Å². The Labute approximate surface area is 265 Å². The van der Waals surface area contributed by atoms with E-state index in [2.05, 4.69) is 96.6 Å². The largest absolute Gasteiger partial charge is 0.363 e. The van der Waals surface area contributed by atoms with E-state index in [0.29, 0.717) is 23.7 Å². The lowest BCUT2D eigenvalue weighted by atomic mass is 9.72. The Morgan fingerprint density at radius 2 is 1.70 bits per heavy atom. The molecule has 0 aromatic heterocycles. The number of allylic oxidation sites excluding steroid dienone is 16. The van der Waals surface area contributed by atoms with Gasteiger partial charge in [0.1, 0.15) is 6.17 Å². The third-order valence-electron chi connectivity index (χ3n) is 10.7. The lowest BCUT2D eigenvalue weighted by Gasteiger charge is -2.34. The Kier molecular flexibility index (Phi) is 9.38. The van der Waals surface area contributed by atoms with Crippen molar-refractivity contribution in [2.45, 2.75) is 96.1 Å². The molecule has 0 bridgehead atoms. The number of hydrogen-bond acceptors (Lipinski definition) is 3. The van der Waals surface area contributed by atoms with Crippen molar-refractivity contribution in [2.24, 2.45) is 33.7 Å². The Morgan fingerprint density at radius 3 is 2.48 bits per heavy atom. The van der Waals surface area contributed by atoms with E-state index < -0.39 is 0 Å². The van der Waals surface area contributed by atoms with E-state index in [1.165, 1.54) is 59.5 Å². The third-order valence-corrected chi connectivity index (χ3v) is 10.7. The molecule has 0 saturated carbocycles. The van der Waals surface area contributed by atoms with Crippen molar-refractivity contribution >= 4 is 11.4 Å². The van der Waals surface area contributed by atoms with Gasteiger partial charge in [-0.1, -0.05) is 85.1 Å². The Balaban J connectivity index is 1.09. The van der Waals surface area contributed by atoms with Crippen LogP contribution in [0.4, 0.5) is 0 Å². The minimum absolute atomic E-state index is 0.0846. The summed E-state index contributed by atoms with van der Waals surface area (Å²) >= 11 is 0. The van der Waals surface area contributed by atoms with Crippen LogP contribution < -0.4 is 5.32 Å². The van der Waals surface area contributed by atoms with E-state index in [1.54, 1.807) is 5.57 Å². The highest BCUT2D eigenvalue weighted by Gasteiger charge is 2.33. The molecule has 5 aliphatic carbocycles. The molecule has 228 valence electrons. The molecule has 0 aromatic rings. The highest BCUT2D eigenvalue weighted by Crippen LogP contribution is 2.41. The molecule has 0 saturated heterocycles. The van der Waals surface area contributed by atoms with Crippen molar-refractivity contribution in [2.75, 3.05) is 0 Å². The fourth-order valence-corrected chi connectivity index (χ4v) is 8.16. The molecule has 0 spiro atoms. The quantitative estimate of drug-likeness (QED) is 0.310. The molecule has 7 aliphatic rings. The fraction of sp³-hybridized carbons (Fsp3) is 0.463. The standard InChI is InChI=1S/C41H49N3/c1-5-14-31(15-6-1)37-28-36(29-42-40(37)34-18-9-3-10-19-34)30-24-26-33(27-25-30)39-23-13-22-38(32-16-7-2-8-17-32)43-41(44-39)35-20-11-4-12-21-35/h3-5,7,9,11-12,14,16-18,20,22,24,29,31,33,35,37,41,43H,1-2,6,8,10,13,15,19,21,23,25-28H2/b38-22-,44-39+. The summed E-state index contributed by atoms with van der Waals surface area (Å²) in [5.74, 6) is 2.05. The maximum absolute atomic E-state index is 5.54. The minimum atomic E-state index is 0.0846. The van der Waals surface area contributed by atoms with Gasteiger partial charge in [-0.3, -0.25) is 9.98 Å². The first kappa shape index (κ1) is 29.3. The predicted molar refractivity (Wildman–Crippen MR) is 187 cm³/mol. The van der Waals surface area contributed by atoms with Crippen LogP contribution in [0.1, 0.15) is 89.9 Å². The van der Waals surface area contributed by atoms with Gasteiger partial charge in [0.15, 0.2) is 0 Å². The van der Waals surface area contributed by atoms with E-state index in [4.69, 9.17) is 9.98 Å². The SMILES string of the molecule is C1=CCCC(C2=NC=C(C3=CCC(/C4=N/C(C5C=CC=CC5)N/C(C5=CCCC=C5)=C\CC4)CC3)CC2C2C=CCCC2)=C1. The Bertz CT molecular complexity index is 1460. The van der Waals surface area contributed by atoms with Gasteiger partial charge in [0.25, 0.3) is 0 Å². The number of nitrogens with zero attached hydrogens (tertiary/aromatic N) is 2. The van der Waals surface area contributed by atoms with Crippen LogP contribution in [-0.4, -0.2) is 17.6 Å². The van der Waals surface area contributed by atoms with Gasteiger partial charge in [0.2, 0.25) is 0 Å². The second-order valence-corrected chi connectivity index (χ2v) is 13.6. The maximum Gasteiger partial charge on any atom is 0.125 e. The van der Waals surface area contributed by atoms with Crippen LogP contribution in [0.15, 0.2) is 129 Å². The summed E-state index contributed by atoms with van der Waals surface area (Å²) in [4.78, 5) is 10.8. The van der Waals surface area contributed by atoms with E-state index >= 15 is 0 Å². The molecule has 0 radical (unpaired) electrons. The van der Waals surface area contributed by atoms with Gasteiger partial charge < -0.3 is 5.32 Å². The molecule has 5 atom stereocenters. The molecule has 1 N–H and O–H groups in total. The lowest BCUT2D eigenvalue weighted by Crippen LogP contribution is -2.37. The van der Waals surface area contributed by atoms with Crippen molar-refractivity contribution in [3.05, 3.63) is 119 Å². The zero-order valence-corrected chi connectivity index (χ0v) is 26.3. The smallest absolute Gasteiger partial charge is 0.125 e. The van der Waals surface area contributed by atoms with Crippen LogP contribution in [0.25, 0.3) is 0 Å². The van der Waals surface area contributed by atoms with Gasteiger partial charge in [-0.05, 0) is 118 Å². The molecule has 3 nitrogen and oxygen atoms in total. The molecular formula is C41H49N3. The Morgan fingerprint density at radius 1 is 0.705 bits per heavy atom. The summed E-state index contributed by atoms with van der Waals surface area (Å²) in [6.45, 7) is 0. The van der Waals surface area contributed by atoms with Crippen LogP contribution >= 0.6 is 0 Å². The Hall–Kier alpha value is -3.46. The average molecular weight is 584 g/mol. The summed E-state index contributed by atoms with van der Waals surface area (Å²) in [5.41, 5.74) is 9.90. The number of aliphatic imine (C=N–C) groups is 2. The average Bonchev–Trinajstić information content (AvgIpc) is 3.10. The molecule has 44 heavy (non-hydrogen) atoms. The second-order valence-electron chi connectivity index (χ2n) is 13.6. The molecular weight excluding hydrogens is 534 g/mol. The maximum atomic E-state index is 5.54. The summed E-state index contributed by atoms with van der Waals surface area (Å²) in [6.07, 6.45) is 51.2. The van der Waals surface area contributed by atoms with E-state index in [0.717, 1.165) is 64.2 Å². The molecule has 7 rings (SSSR count). The molecule has 0 aromatic carbocycles. The van der Waals surface area contributed by atoms with Crippen molar-refractivity contribution < 1.29 is 0 Å². The van der Waals surface area contributed by atoms with Gasteiger partial charge in [0, 0.05) is 41.1 Å². The van der Waals surface area contributed by atoms with Gasteiger partial charge in [0.05, 0.1) is 0 Å². The highest BCUT2D eigenvalue weighted by atomic mass is 15.1. The van der Waals surface area contributed by atoms with Gasteiger partial charge >= 0.3 is 0 Å². The van der Waals surface area contributed by atoms with Crippen molar-refractivity contribution in [1.82, 2.24) is 5.32 Å². The molecule has 0 amide bonds. The van der Waals surface area contributed by atoms with E-state index in [-0.39, 0.29) is 6.17 Å². The summed E-state index contributed by atoms with van der Waals surface area (Å²) in [7, 11) is 0. The van der Waals surface area contributed by atoms with E-state index in [9.17, 15) is 0 Å². The molecule has 5 unspecified atom stereocenters. The van der Waals surface area contributed by atoms with Crippen LogP contribution in [0.3, 0.4) is 0 Å². The monoisotopic (exact) mass is 583 g/mol. The lowest BCUT2D eigenvalue weighted by molar-refractivity contribution is 0.433. The molecule has 0 fully saturated rings. The van der Waals surface area contributed by atoms with Crippen molar-refractivity contribution in [3.8, 4) is 0 Å². The summed E-state index contributed by atoms with van der Waals surface area (Å²) < 4.78 is 0. The van der Waals surface area contributed by atoms with Crippen LogP contribution in [-0.2, 0) is 0 Å². The van der Waals surface area contributed by atoms with E-state index in [1.807, 2.05) is 0 Å². The predicted octanol–water partition coefficient (Wildman–Crippen LogP) is 10.1. The highest BCUT2D eigenvalue weighted by molar-refractivity contribution is 6.03. The van der Waals surface area contributed by atoms with Gasteiger partial charge in [-0.2, -0.15) is 0 Å². The minimum Gasteiger partial charge on any atom is -0.363 e. The normalized spacial score (nSPS) is 34.5. The fourth-order valence-electron chi connectivity index (χ4n) is 8.16. The van der Waals surface area contributed by atoms with Crippen molar-refractivity contribution in [1.29, 1.82) is 0 Å². The van der Waals surface area contributed by atoms with Crippen molar-refractivity contribution in [3.63, 3.8) is 0 Å². The number of rotatable bonds is 6. The van der Waals surface area contributed by atoms with Gasteiger partial charge in [-0.25, -0.2) is 0 Å². The van der Waals surface area contributed by atoms with Crippen LogP contribution in [0, 0.1) is 23.7 Å². The second kappa shape index (κ2) is 14.1.